The lowest BCUT2D eigenvalue weighted by molar-refractivity contribution is -0.694. The second-order valence-electron chi connectivity index (χ2n) is 7.55. The third-order valence-electron chi connectivity index (χ3n) is 4.97. The minimum atomic E-state index is -0.268. The number of aromatic nitrogens is 2. The fourth-order valence-corrected chi connectivity index (χ4v) is 3.54. The molecule has 2 rings (SSSR count). The van der Waals surface area contributed by atoms with Gasteiger partial charge in [-0.1, -0.05) is 45.4 Å². The number of imidazole rings is 1. The standard InChI is InChI=1S/C19H26ClFN2S/c1-13(19(3,4)5)18(24)12-23-10-9-22(14(23)2)11-15-16(20)7-6-8-17(15)21/h6-10,13,18H,11-12H2,1-5H3/p+1/t13-,18?/m1/s1. The van der Waals surface area contributed by atoms with Crippen LogP contribution in [-0.2, 0) is 13.1 Å². The molecule has 0 aliphatic heterocycles. The van der Waals surface area contributed by atoms with Crippen LogP contribution in [0, 0.1) is 24.1 Å². The largest absolute Gasteiger partial charge is 0.253 e. The van der Waals surface area contributed by atoms with E-state index in [9.17, 15) is 4.39 Å². The van der Waals surface area contributed by atoms with Crippen LogP contribution in [0.2, 0.25) is 5.02 Å². The predicted octanol–water partition coefficient (Wildman–Crippen LogP) is 4.91. The first kappa shape index (κ1) is 19.3. The van der Waals surface area contributed by atoms with Crippen molar-refractivity contribution in [3.8, 4) is 0 Å². The number of nitrogens with zero attached hydrogens (tertiary/aromatic N) is 2. The molecule has 5 heteroatoms. The van der Waals surface area contributed by atoms with E-state index in [1.165, 1.54) is 6.07 Å². The summed E-state index contributed by atoms with van der Waals surface area (Å²) in [6, 6.07) is 4.80. The van der Waals surface area contributed by atoms with Crippen molar-refractivity contribution >= 4 is 24.2 Å². The molecule has 0 spiro atoms. The SMILES string of the molecule is Cc1n(CC(S)[C@@H](C)C(C)(C)C)cc[n+]1Cc1c(F)cccc1Cl. The van der Waals surface area contributed by atoms with E-state index >= 15 is 0 Å². The first-order valence-electron chi connectivity index (χ1n) is 8.27. The van der Waals surface area contributed by atoms with Gasteiger partial charge in [0.25, 0.3) is 5.82 Å². The minimum absolute atomic E-state index is 0.212. The molecule has 1 unspecified atom stereocenters. The molecule has 0 amide bonds. The second kappa shape index (κ2) is 7.49. The average Bonchev–Trinajstić information content (AvgIpc) is 2.82. The Morgan fingerprint density at radius 1 is 1.33 bits per heavy atom. The van der Waals surface area contributed by atoms with E-state index in [-0.39, 0.29) is 16.5 Å². The smallest absolute Gasteiger partial charge is 0.233 e. The molecule has 2 atom stereocenters. The number of rotatable bonds is 5. The summed E-state index contributed by atoms with van der Waals surface area (Å²) in [4.78, 5) is 0. The van der Waals surface area contributed by atoms with Gasteiger partial charge in [-0.15, -0.1) is 0 Å². The normalized spacial score (nSPS) is 14.7. The van der Waals surface area contributed by atoms with Crippen molar-refractivity contribution in [2.45, 2.75) is 53.0 Å². The summed E-state index contributed by atoms with van der Waals surface area (Å²) in [6.07, 6.45) is 4.00. The van der Waals surface area contributed by atoms with Crippen molar-refractivity contribution in [3.05, 3.63) is 52.8 Å². The number of benzene rings is 1. The minimum Gasteiger partial charge on any atom is -0.233 e. The van der Waals surface area contributed by atoms with Gasteiger partial charge in [0, 0.05) is 17.7 Å². The van der Waals surface area contributed by atoms with Gasteiger partial charge in [0.2, 0.25) is 0 Å². The topological polar surface area (TPSA) is 8.81 Å². The number of halogens is 2. The van der Waals surface area contributed by atoms with E-state index < -0.39 is 0 Å². The van der Waals surface area contributed by atoms with Gasteiger partial charge in [-0.3, -0.25) is 0 Å². The highest BCUT2D eigenvalue weighted by Gasteiger charge is 2.28. The highest BCUT2D eigenvalue weighted by atomic mass is 35.5. The zero-order valence-corrected chi connectivity index (χ0v) is 16.7. The van der Waals surface area contributed by atoms with Crippen molar-refractivity contribution < 1.29 is 8.96 Å². The van der Waals surface area contributed by atoms with Gasteiger partial charge in [0.1, 0.15) is 31.3 Å². The molecule has 2 nitrogen and oxygen atoms in total. The molecule has 0 bridgehead atoms. The van der Waals surface area contributed by atoms with Crippen LogP contribution in [0.3, 0.4) is 0 Å². The Balaban J connectivity index is 2.17. The zero-order chi connectivity index (χ0) is 18.1. The number of thiol groups is 1. The molecule has 1 aromatic carbocycles. The lowest BCUT2D eigenvalue weighted by Gasteiger charge is -2.31. The van der Waals surface area contributed by atoms with Crippen molar-refractivity contribution in [3.63, 3.8) is 0 Å². The van der Waals surface area contributed by atoms with E-state index in [1.807, 2.05) is 23.9 Å². The Kier molecular flexibility index (Phi) is 6.03. The molecule has 1 aromatic heterocycles. The van der Waals surface area contributed by atoms with Crippen LogP contribution in [0.4, 0.5) is 4.39 Å². The van der Waals surface area contributed by atoms with E-state index in [2.05, 4.69) is 32.3 Å². The molecule has 1 heterocycles. The van der Waals surface area contributed by atoms with E-state index in [4.69, 9.17) is 24.2 Å². The van der Waals surface area contributed by atoms with Gasteiger partial charge in [-0.2, -0.15) is 12.6 Å². The van der Waals surface area contributed by atoms with Crippen LogP contribution >= 0.6 is 24.2 Å². The molecule has 0 aliphatic rings. The Labute approximate surface area is 155 Å². The van der Waals surface area contributed by atoms with Crippen LogP contribution in [0.1, 0.15) is 39.1 Å². The third kappa shape index (κ3) is 4.34. The number of hydrogen-bond donors (Lipinski definition) is 1. The van der Waals surface area contributed by atoms with Crippen LogP contribution < -0.4 is 4.57 Å². The first-order valence-corrected chi connectivity index (χ1v) is 9.17. The van der Waals surface area contributed by atoms with Crippen LogP contribution in [0.5, 0.6) is 0 Å². The van der Waals surface area contributed by atoms with E-state index in [0.29, 0.717) is 23.0 Å². The Morgan fingerprint density at radius 3 is 2.58 bits per heavy atom. The van der Waals surface area contributed by atoms with Crippen LogP contribution in [-0.4, -0.2) is 9.82 Å². The maximum absolute atomic E-state index is 14.0. The van der Waals surface area contributed by atoms with Crippen molar-refractivity contribution in [1.29, 1.82) is 0 Å². The van der Waals surface area contributed by atoms with Crippen molar-refractivity contribution in [2.75, 3.05) is 0 Å². The monoisotopic (exact) mass is 369 g/mol. The summed E-state index contributed by atoms with van der Waals surface area (Å²) < 4.78 is 18.2. The maximum Gasteiger partial charge on any atom is 0.253 e. The fourth-order valence-electron chi connectivity index (χ4n) is 2.69. The van der Waals surface area contributed by atoms with Gasteiger partial charge in [0.05, 0.1) is 5.02 Å². The van der Waals surface area contributed by atoms with Gasteiger partial charge >= 0.3 is 0 Å². The molecule has 2 aromatic rings. The lowest BCUT2D eigenvalue weighted by atomic mass is 9.80. The maximum atomic E-state index is 14.0. The van der Waals surface area contributed by atoms with Crippen LogP contribution in [0.15, 0.2) is 30.6 Å². The highest BCUT2D eigenvalue weighted by Crippen LogP contribution is 2.31. The summed E-state index contributed by atoms with van der Waals surface area (Å²) in [7, 11) is 0. The van der Waals surface area contributed by atoms with Crippen LogP contribution in [0.25, 0.3) is 0 Å². The average molecular weight is 370 g/mol. The van der Waals surface area contributed by atoms with E-state index in [0.717, 1.165) is 12.4 Å². The van der Waals surface area contributed by atoms with Crippen molar-refractivity contribution in [2.24, 2.45) is 11.3 Å². The molecule has 24 heavy (non-hydrogen) atoms. The summed E-state index contributed by atoms with van der Waals surface area (Å²) >= 11 is 10.9. The molecule has 0 saturated heterocycles. The summed E-state index contributed by atoms with van der Waals surface area (Å²) in [6.45, 7) is 12.2. The van der Waals surface area contributed by atoms with Gasteiger partial charge < -0.3 is 0 Å². The Morgan fingerprint density at radius 2 is 2.00 bits per heavy atom. The summed E-state index contributed by atoms with van der Waals surface area (Å²) in [5, 5.41) is 0.713. The predicted molar refractivity (Wildman–Crippen MR) is 101 cm³/mol. The van der Waals surface area contributed by atoms with E-state index in [1.54, 1.807) is 12.1 Å². The molecule has 132 valence electrons. The highest BCUT2D eigenvalue weighted by molar-refractivity contribution is 7.81. The third-order valence-corrected chi connectivity index (χ3v) is 5.94. The molecule has 0 saturated carbocycles. The van der Waals surface area contributed by atoms with Crippen molar-refractivity contribution in [1.82, 2.24) is 4.57 Å². The molecule has 0 N–H and O–H groups in total. The Hall–Kier alpha value is -1.00. The quantitative estimate of drug-likeness (QED) is 0.566. The zero-order valence-electron chi connectivity index (χ0n) is 15.1. The molecule has 0 radical (unpaired) electrons. The fraction of sp³-hybridized carbons (Fsp3) is 0.526. The van der Waals surface area contributed by atoms with Gasteiger partial charge in [-0.05, 0) is 23.5 Å². The Bertz CT molecular complexity index is 686. The molecule has 0 fully saturated rings. The number of hydrogen-bond acceptors (Lipinski definition) is 1. The second-order valence-corrected chi connectivity index (χ2v) is 8.62. The van der Waals surface area contributed by atoms with Gasteiger partial charge in [-0.25, -0.2) is 13.5 Å². The molecular formula is C19H27ClFN2S+. The van der Waals surface area contributed by atoms with Gasteiger partial charge in [0.15, 0.2) is 0 Å². The lowest BCUT2D eigenvalue weighted by Crippen LogP contribution is -2.37. The summed E-state index contributed by atoms with van der Waals surface area (Å²) in [5.41, 5.74) is 0.736. The molecule has 0 aliphatic carbocycles. The molecular weight excluding hydrogens is 343 g/mol. The summed E-state index contributed by atoms with van der Waals surface area (Å²) in [5.74, 6) is 1.27. The first-order chi connectivity index (χ1) is 11.1.